The Hall–Kier alpha value is -3.62. The van der Waals surface area contributed by atoms with E-state index >= 15 is 0 Å². The molecule has 33 heavy (non-hydrogen) atoms. The highest BCUT2D eigenvalue weighted by Gasteiger charge is 2.26. The van der Waals surface area contributed by atoms with Gasteiger partial charge in [0.1, 0.15) is 0 Å². The maximum absolute atomic E-state index is 2.45. The largest absolute Gasteiger partial charge is 0.309 e. The van der Waals surface area contributed by atoms with Crippen LogP contribution < -0.4 is 5.19 Å². The van der Waals surface area contributed by atoms with Gasteiger partial charge in [-0.05, 0) is 51.7 Å². The molecule has 1 aliphatic rings. The molecule has 1 aliphatic carbocycles. The average Bonchev–Trinajstić information content (AvgIpc) is 3.33. The van der Waals surface area contributed by atoms with Gasteiger partial charge < -0.3 is 4.57 Å². The molecule has 6 aromatic rings. The van der Waals surface area contributed by atoms with Crippen LogP contribution in [-0.4, -0.2) is 12.6 Å². The maximum Gasteiger partial charge on any atom is 0.0775 e. The average molecular weight is 440 g/mol. The van der Waals surface area contributed by atoms with E-state index in [2.05, 4.69) is 121 Å². The molecule has 1 aromatic heterocycles. The van der Waals surface area contributed by atoms with Crippen molar-refractivity contribution in [3.63, 3.8) is 0 Å². The zero-order valence-electron chi connectivity index (χ0n) is 19.2. The van der Waals surface area contributed by atoms with E-state index in [1.165, 1.54) is 65.7 Å². The summed E-state index contributed by atoms with van der Waals surface area (Å²) in [7, 11) is -1.33. The lowest BCUT2D eigenvalue weighted by molar-refractivity contribution is 1.18. The number of benzene rings is 5. The van der Waals surface area contributed by atoms with Crippen LogP contribution in [-0.2, 0) is 0 Å². The summed E-state index contributed by atoms with van der Waals surface area (Å²) in [4.78, 5) is 0. The molecule has 0 saturated carbocycles. The Kier molecular flexibility index (Phi) is 3.70. The molecule has 1 nitrogen and oxygen atoms in total. The molecule has 0 N–H and O–H groups in total. The first-order valence-electron chi connectivity index (χ1n) is 11.7. The van der Waals surface area contributed by atoms with Crippen LogP contribution >= 0.6 is 0 Å². The van der Waals surface area contributed by atoms with E-state index in [0.29, 0.717) is 0 Å². The molecule has 0 amide bonds. The van der Waals surface area contributed by atoms with Crippen molar-refractivity contribution in [2.75, 3.05) is 0 Å². The van der Waals surface area contributed by atoms with Crippen LogP contribution in [0.2, 0.25) is 19.6 Å². The fraction of sp³-hybridized carbons (Fsp3) is 0.0968. The number of nitrogens with zero attached hydrogens (tertiary/aromatic N) is 1. The summed E-state index contributed by atoms with van der Waals surface area (Å²) < 4.78 is 2.45. The van der Waals surface area contributed by atoms with Crippen LogP contribution in [0, 0.1) is 0 Å². The van der Waals surface area contributed by atoms with E-state index in [1.54, 1.807) is 0 Å². The first-order valence-corrected chi connectivity index (χ1v) is 15.2. The summed E-state index contributed by atoms with van der Waals surface area (Å²) in [5, 5.41) is 6.89. The van der Waals surface area contributed by atoms with E-state index in [4.69, 9.17) is 0 Å². The van der Waals surface area contributed by atoms with Gasteiger partial charge in [0.15, 0.2) is 0 Å². The van der Waals surface area contributed by atoms with Crippen molar-refractivity contribution in [1.82, 2.24) is 4.57 Å². The first-order chi connectivity index (χ1) is 16.0. The number of hydrogen-bond donors (Lipinski definition) is 0. The van der Waals surface area contributed by atoms with Crippen molar-refractivity contribution in [2.45, 2.75) is 19.6 Å². The normalized spacial score (nSPS) is 12.7. The predicted molar refractivity (Wildman–Crippen MR) is 146 cm³/mol. The Morgan fingerprint density at radius 1 is 0.545 bits per heavy atom. The summed E-state index contributed by atoms with van der Waals surface area (Å²) in [5.74, 6) is 0. The number of aromatic nitrogens is 1. The van der Waals surface area contributed by atoms with E-state index in [0.717, 1.165) is 0 Å². The third-order valence-corrected chi connectivity index (χ3v) is 9.36. The lowest BCUT2D eigenvalue weighted by atomic mass is 9.98. The number of fused-ring (bicyclic) bond motifs is 7. The predicted octanol–water partition coefficient (Wildman–Crippen LogP) is 8.13. The standard InChI is InChI=1S/C31H25NSi/c1-33(2,3)22-16-14-21(15-17-22)32-27-13-5-4-10-25(27)31-28(32)19-18-24-23-11-6-8-20-9-7-12-26(29(20)23)30(24)31/h4-19H,1-3H3. The second-order valence-electron chi connectivity index (χ2n) is 10.2. The molecule has 0 bridgehead atoms. The van der Waals surface area contributed by atoms with Crippen LogP contribution in [0.15, 0.2) is 97.1 Å². The van der Waals surface area contributed by atoms with Crippen molar-refractivity contribution in [3.05, 3.63) is 97.1 Å². The fourth-order valence-electron chi connectivity index (χ4n) is 5.73. The molecular weight excluding hydrogens is 414 g/mol. The number of para-hydroxylation sites is 1. The van der Waals surface area contributed by atoms with Gasteiger partial charge in [-0.15, -0.1) is 0 Å². The van der Waals surface area contributed by atoms with E-state index in [1.807, 2.05) is 0 Å². The topological polar surface area (TPSA) is 4.93 Å². The maximum atomic E-state index is 2.45. The third kappa shape index (κ3) is 2.53. The van der Waals surface area contributed by atoms with Crippen molar-refractivity contribution in [3.8, 4) is 27.9 Å². The molecule has 5 aromatic carbocycles. The van der Waals surface area contributed by atoms with Crippen LogP contribution in [0.3, 0.4) is 0 Å². The summed E-state index contributed by atoms with van der Waals surface area (Å²) >= 11 is 0. The zero-order valence-corrected chi connectivity index (χ0v) is 20.2. The third-order valence-electron chi connectivity index (χ3n) is 7.29. The van der Waals surface area contributed by atoms with Crippen molar-refractivity contribution >= 4 is 45.8 Å². The summed E-state index contributed by atoms with van der Waals surface area (Å²) in [5.41, 5.74) is 9.23. The zero-order chi connectivity index (χ0) is 22.3. The van der Waals surface area contributed by atoms with Gasteiger partial charge in [-0.25, -0.2) is 0 Å². The highest BCUT2D eigenvalue weighted by atomic mass is 28.3. The molecule has 0 aliphatic heterocycles. The van der Waals surface area contributed by atoms with Gasteiger partial charge in [0.25, 0.3) is 0 Å². The molecule has 0 atom stereocenters. The minimum absolute atomic E-state index is 1.23. The van der Waals surface area contributed by atoms with Gasteiger partial charge >= 0.3 is 0 Å². The second kappa shape index (κ2) is 6.46. The summed E-state index contributed by atoms with van der Waals surface area (Å²) in [6, 6.07) is 36.2. The first kappa shape index (κ1) is 18.9. The van der Waals surface area contributed by atoms with E-state index in [-0.39, 0.29) is 0 Å². The fourth-order valence-corrected chi connectivity index (χ4v) is 6.89. The summed E-state index contributed by atoms with van der Waals surface area (Å²) in [6.45, 7) is 7.22. The van der Waals surface area contributed by atoms with E-state index < -0.39 is 8.07 Å². The highest BCUT2D eigenvalue weighted by Crippen LogP contribution is 2.52. The Morgan fingerprint density at radius 3 is 2.03 bits per heavy atom. The molecule has 0 spiro atoms. The Morgan fingerprint density at radius 2 is 1.27 bits per heavy atom. The Labute approximate surface area is 194 Å². The Balaban J connectivity index is 1.60. The van der Waals surface area contributed by atoms with Crippen LogP contribution in [0.5, 0.6) is 0 Å². The highest BCUT2D eigenvalue weighted by molar-refractivity contribution is 6.88. The lowest BCUT2D eigenvalue weighted by Crippen LogP contribution is -2.37. The van der Waals surface area contributed by atoms with Crippen LogP contribution in [0.25, 0.3) is 60.5 Å². The molecule has 0 unspecified atom stereocenters. The molecule has 0 saturated heterocycles. The van der Waals surface area contributed by atoms with Gasteiger partial charge in [0.2, 0.25) is 0 Å². The van der Waals surface area contributed by atoms with E-state index in [9.17, 15) is 0 Å². The minimum atomic E-state index is -1.33. The van der Waals surface area contributed by atoms with Gasteiger partial charge in [-0.3, -0.25) is 0 Å². The molecule has 0 fully saturated rings. The van der Waals surface area contributed by atoms with Crippen molar-refractivity contribution in [2.24, 2.45) is 0 Å². The van der Waals surface area contributed by atoms with Gasteiger partial charge in [0, 0.05) is 22.0 Å². The SMILES string of the molecule is C[Si](C)(C)c1ccc(-n2c3ccccc3c3c4c(ccc32)-c2cccc3cccc-4c23)cc1. The molecular formula is C31H25NSi. The van der Waals surface area contributed by atoms with Gasteiger partial charge in [-0.1, -0.05) is 97.6 Å². The summed E-state index contributed by atoms with van der Waals surface area (Å²) in [6.07, 6.45) is 0. The molecule has 1 heterocycles. The molecule has 2 heteroatoms. The van der Waals surface area contributed by atoms with Crippen molar-refractivity contribution < 1.29 is 0 Å². The minimum Gasteiger partial charge on any atom is -0.309 e. The van der Waals surface area contributed by atoms with Gasteiger partial charge in [-0.2, -0.15) is 0 Å². The number of hydrogen-bond acceptors (Lipinski definition) is 0. The van der Waals surface area contributed by atoms with Crippen LogP contribution in [0.1, 0.15) is 0 Å². The molecule has 0 radical (unpaired) electrons. The van der Waals surface area contributed by atoms with Crippen LogP contribution in [0.4, 0.5) is 0 Å². The second-order valence-corrected chi connectivity index (χ2v) is 15.3. The van der Waals surface area contributed by atoms with Gasteiger partial charge in [0.05, 0.1) is 19.1 Å². The quantitative estimate of drug-likeness (QED) is 0.240. The Bertz CT molecular complexity index is 1720. The molecule has 158 valence electrons. The monoisotopic (exact) mass is 439 g/mol. The molecule has 7 rings (SSSR count). The van der Waals surface area contributed by atoms with Crippen molar-refractivity contribution in [1.29, 1.82) is 0 Å². The smallest absolute Gasteiger partial charge is 0.0775 e. The lowest BCUT2D eigenvalue weighted by Gasteiger charge is -2.17. The number of rotatable bonds is 2.